The van der Waals surface area contributed by atoms with Gasteiger partial charge in [0, 0.05) is 148 Å². The number of nitrogens with zero attached hydrogens (tertiary/aromatic N) is 2. The number of carboxylic acid groups (broad SMARTS) is 1. The number of thiazole rings is 1. The van der Waals surface area contributed by atoms with Gasteiger partial charge < -0.3 is 69.9 Å². The molecule has 6 rings (SSSR count). The Morgan fingerprint density at radius 3 is 1.76 bits per heavy atom. The number of aliphatic imine (C=N–C) groups is 1. The molecule has 32 heteroatoms. The van der Waals surface area contributed by atoms with E-state index in [9.17, 15) is 82.8 Å². The number of amides is 6. The van der Waals surface area contributed by atoms with E-state index in [0.29, 0.717) is 81.8 Å². The van der Waals surface area contributed by atoms with Gasteiger partial charge in [0.1, 0.15) is 56.3 Å². The number of aliphatic hydroxyl groups is 2. The van der Waals surface area contributed by atoms with E-state index in [1.165, 1.54) is 35.2 Å². The number of hydrogen-bond acceptors (Lipinski definition) is 23. The number of phenolic OH excluding ortho intramolecular Hbond substituents is 1. The number of Topliss-reactive ketones (excluding diaryl/α,β-unsaturated/α-hetero) is 7. The zero-order valence-corrected chi connectivity index (χ0v) is 60.5. The fraction of sp³-hybridized carbons (Fsp3) is 0.606. The van der Waals surface area contributed by atoms with Crippen molar-refractivity contribution in [3.05, 3.63) is 53.0 Å². The molecule has 103 heavy (non-hydrogen) atoms. The van der Waals surface area contributed by atoms with Crippen molar-refractivity contribution in [2.24, 2.45) is 69.4 Å². The Morgan fingerprint density at radius 2 is 1.17 bits per heavy atom. The summed E-state index contributed by atoms with van der Waals surface area (Å²) in [5.41, 5.74) is 23.9. The van der Waals surface area contributed by atoms with E-state index in [4.69, 9.17) is 28.3 Å². The van der Waals surface area contributed by atoms with Crippen LogP contribution in [-0.4, -0.2) is 180 Å². The molecular formula is C71H100N12O17S3. The summed E-state index contributed by atoms with van der Waals surface area (Å²) in [6.45, 7) is -0.716. The quantitative estimate of drug-likeness (QED) is 0.0160. The SMILES string of the molecule is N=C(N)NCCCC(CC(=O)C(CO)CC(=O)CCCCCNC(=O)CCCCC1SCC2NC(=O)NC21)C(=O)CC(CCCCN)C(=O)CC(CO)C(=O)CC(CCC(N)=O)C(=O)CC(CCC(N)=O)C(=O)CC(Cc1ccc(O)cc1)C(=O)Nc1ccc2nc(C3=NC(C(=O)O)CS3)sc2c1. The molecule has 11 atom stereocenters. The number of urea groups is 1. The molecule has 0 aliphatic carbocycles. The van der Waals surface area contributed by atoms with Gasteiger partial charge in [-0.2, -0.15) is 11.8 Å². The first-order valence-electron chi connectivity index (χ1n) is 35.4. The zero-order valence-electron chi connectivity index (χ0n) is 58.0. The highest BCUT2D eigenvalue weighted by Crippen LogP contribution is 2.36. The third kappa shape index (κ3) is 28.5. The van der Waals surface area contributed by atoms with Crippen LogP contribution in [0.15, 0.2) is 47.5 Å². The molecule has 6 amide bonds. The molecule has 3 aromatic rings. The van der Waals surface area contributed by atoms with Crippen LogP contribution in [0.4, 0.5) is 10.5 Å². The molecule has 0 saturated carbocycles. The monoisotopic (exact) mass is 1490 g/mol. The van der Waals surface area contributed by atoms with Crippen LogP contribution < -0.4 is 49.5 Å². The normalized spacial score (nSPS) is 18.2. The van der Waals surface area contributed by atoms with Gasteiger partial charge in [-0.25, -0.2) is 14.6 Å². The van der Waals surface area contributed by atoms with E-state index < -0.39 is 151 Å². The van der Waals surface area contributed by atoms with E-state index in [-0.39, 0.29) is 131 Å². The lowest BCUT2D eigenvalue weighted by molar-refractivity contribution is -0.138. The number of aromatic hydroxyl groups is 1. The van der Waals surface area contributed by atoms with Crippen molar-refractivity contribution in [2.45, 2.75) is 184 Å². The first-order chi connectivity index (χ1) is 49.2. The van der Waals surface area contributed by atoms with Gasteiger partial charge in [-0.15, -0.1) is 23.1 Å². The van der Waals surface area contributed by atoms with Crippen molar-refractivity contribution < 1.29 is 82.8 Å². The highest BCUT2D eigenvalue weighted by Gasteiger charge is 2.43. The van der Waals surface area contributed by atoms with Crippen LogP contribution in [-0.2, 0) is 64.0 Å². The van der Waals surface area contributed by atoms with Crippen molar-refractivity contribution >= 4 is 138 Å². The molecule has 3 aliphatic heterocycles. The Bertz CT molecular complexity index is 3520. The summed E-state index contributed by atoms with van der Waals surface area (Å²) in [5.74, 6) is -14.8. The molecule has 29 nitrogen and oxygen atoms in total. The smallest absolute Gasteiger partial charge is 0.329 e. The van der Waals surface area contributed by atoms with Crippen LogP contribution in [0.3, 0.4) is 0 Å². The number of guanidine groups is 1. The lowest BCUT2D eigenvalue weighted by Crippen LogP contribution is -2.36. The number of unbranched alkanes of at least 4 members (excludes halogenated alkanes) is 4. The third-order valence-electron chi connectivity index (χ3n) is 19.0. The second-order valence-corrected chi connectivity index (χ2v) is 30.3. The third-order valence-corrected chi connectivity index (χ3v) is 22.7. The number of benzene rings is 2. The molecule has 3 aliphatic rings. The summed E-state index contributed by atoms with van der Waals surface area (Å²) in [7, 11) is 0. The second kappa shape index (κ2) is 43.3. The minimum atomic E-state index is -1.42. The average molecular weight is 1490 g/mol. The first kappa shape index (κ1) is 83.9. The molecule has 0 bridgehead atoms. The molecule has 11 unspecified atom stereocenters. The molecule has 564 valence electrons. The largest absolute Gasteiger partial charge is 0.508 e. The minimum Gasteiger partial charge on any atom is -0.508 e. The van der Waals surface area contributed by atoms with E-state index in [1.54, 1.807) is 30.3 Å². The van der Waals surface area contributed by atoms with Gasteiger partial charge in [-0.1, -0.05) is 31.4 Å². The average Bonchev–Trinajstić information content (AvgIpc) is 1.68. The van der Waals surface area contributed by atoms with E-state index >= 15 is 0 Å². The maximum atomic E-state index is 14.6. The van der Waals surface area contributed by atoms with E-state index in [2.05, 4.69) is 36.6 Å². The molecule has 2 aromatic carbocycles. The van der Waals surface area contributed by atoms with Gasteiger partial charge in [0.2, 0.25) is 23.6 Å². The van der Waals surface area contributed by atoms with Gasteiger partial charge >= 0.3 is 12.0 Å². The molecular weight excluding hydrogens is 1390 g/mol. The lowest BCUT2D eigenvalue weighted by Gasteiger charge is -2.24. The number of anilines is 1. The van der Waals surface area contributed by atoms with Crippen LogP contribution in [0.5, 0.6) is 5.75 Å². The van der Waals surface area contributed by atoms with Crippen LogP contribution in [0.1, 0.15) is 165 Å². The Kier molecular flexibility index (Phi) is 35.3. The molecule has 0 radical (unpaired) electrons. The maximum absolute atomic E-state index is 14.6. The van der Waals surface area contributed by atoms with Crippen LogP contribution in [0, 0.1) is 46.8 Å². The van der Waals surface area contributed by atoms with Crippen LogP contribution in [0.25, 0.3) is 10.2 Å². The molecule has 2 saturated heterocycles. The maximum Gasteiger partial charge on any atom is 0.329 e. The van der Waals surface area contributed by atoms with Crippen molar-refractivity contribution in [3.63, 3.8) is 0 Å². The number of fused-ring (bicyclic) bond motifs is 2. The number of carbonyl (C=O) groups is 13. The highest BCUT2D eigenvalue weighted by atomic mass is 32.2. The standard InChI is InChI=1S/C71H100N12O17S3/c72-24-6-5-9-41(29-54(88)42(10-8-26-78-70(75)76)30-58(92)46(36-84)28-50(87)11-2-1-7-25-77-64(96)13-4-3-12-60-65-52(38-101-60)82-71(100)83-65)57(91)34-47(37-85)59(93)32-44(17-23-63(74)95)55(89)31-43(16-22-62(73)94)56(90)33-45(27-40-14-19-49(86)20-15-40)66(97)79-48-18-21-51-61(35-48)103-68(80-51)67-81-53(39-102-67)69(98)99/h14-15,18-21,35,41-47,52-53,60,65,84-86H,1-13,16-17,22-34,36-39,72H2,(H2,73,94)(H2,74,95)(H,77,96)(H,79,97)(H,98,99)(H4,75,76,78)(H2,82,83,100). The summed E-state index contributed by atoms with van der Waals surface area (Å²) in [6, 6.07) is 10.1. The number of nitrogens with one attached hydrogen (secondary N) is 6. The molecule has 0 spiro atoms. The summed E-state index contributed by atoms with van der Waals surface area (Å²) >= 11 is 4.34. The first-order valence-corrected chi connectivity index (χ1v) is 38.2. The molecule has 4 heterocycles. The van der Waals surface area contributed by atoms with Crippen molar-refractivity contribution in [3.8, 4) is 5.75 Å². The number of carbonyl (C=O) groups excluding carboxylic acids is 12. The minimum absolute atomic E-state index is 0.0302. The van der Waals surface area contributed by atoms with Gasteiger partial charge in [0.15, 0.2) is 12.0 Å². The number of primary amides is 2. The molecule has 18 N–H and O–H groups in total. The summed E-state index contributed by atoms with van der Waals surface area (Å²) in [5, 5.41) is 63.9. The fourth-order valence-corrected chi connectivity index (χ4v) is 16.6. The van der Waals surface area contributed by atoms with Crippen LogP contribution >= 0.6 is 34.9 Å². The molecule has 1 aromatic heterocycles. The van der Waals surface area contributed by atoms with E-state index in [1.807, 2.05) is 11.8 Å². The number of ketones is 7. The lowest BCUT2D eigenvalue weighted by atomic mass is 9.79. The second-order valence-electron chi connectivity index (χ2n) is 27.0. The Balaban J connectivity index is 1.06. The van der Waals surface area contributed by atoms with Crippen LogP contribution in [0.2, 0.25) is 0 Å². The summed E-state index contributed by atoms with van der Waals surface area (Å²) < 4.78 is 0.643. The number of aromatic nitrogens is 1. The number of rotatable bonds is 53. The number of nitrogens with two attached hydrogens (primary N) is 4. The summed E-state index contributed by atoms with van der Waals surface area (Å²) in [4.78, 5) is 183. The van der Waals surface area contributed by atoms with Gasteiger partial charge in [-0.05, 0) is 113 Å². The zero-order chi connectivity index (χ0) is 75.1. The predicted octanol–water partition coefficient (Wildman–Crippen LogP) is 4.47. The predicted molar refractivity (Wildman–Crippen MR) is 391 cm³/mol. The molecule has 2 fully saturated rings. The topological polar surface area (TPSA) is 516 Å². The van der Waals surface area contributed by atoms with Gasteiger partial charge in [0.25, 0.3) is 0 Å². The number of thioether (sulfide) groups is 2. The number of aliphatic hydroxyl groups excluding tert-OH is 2. The fourth-order valence-electron chi connectivity index (χ4n) is 13.0. The number of carboxylic acids is 1. The highest BCUT2D eigenvalue weighted by molar-refractivity contribution is 8.15. The number of phenols is 1. The summed E-state index contributed by atoms with van der Waals surface area (Å²) in [6.07, 6.45) is 1.37. The van der Waals surface area contributed by atoms with Crippen molar-refractivity contribution in [1.29, 1.82) is 5.41 Å². The van der Waals surface area contributed by atoms with Gasteiger partial charge in [-0.3, -0.25) is 63.1 Å². The van der Waals surface area contributed by atoms with Crippen molar-refractivity contribution in [1.82, 2.24) is 26.3 Å². The Labute approximate surface area is 610 Å². The Morgan fingerprint density at radius 1 is 0.612 bits per heavy atom. The van der Waals surface area contributed by atoms with Crippen molar-refractivity contribution in [2.75, 3.05) is 49.7 Å². The number of aliphatic carboxylic acids is 1. The Hall–Kier alpha value is -8.04. The van der Waals surface area contributed by atoms with Gasteiger partial charge in [0.05, 0.1) is 35.5 Å². The number of hydrogen-bond donors (Lipinski definition) is 14. The van der Waals surface area contributed by atoms with E-state index in [0.717, 1.165) is 25.0 Å².